The highest BCUT2D eigenvalue weighted by molar-refractivity contribution is 5.83. The van der Waals surface area contributed by atoms with Gasteiger partial charge in [0.05, 0.1) is 0 Å². The fraction of sp³-hybridized carbons (Fsp3) is 0.875. The summed E-state index contributed by atoms with van der Waals surface area (Å²) in [5.74, 6) is -0.382. The zero-order chi connectivity index (χ0) is 8.48. The lowest BCUT2D eigenvalue weighted by Crippen LogP contribution is -2.43. The van der Waals surface area contributed by atoms with E-state index in [1.807, 2.05) is 6.92 Å². The smallest absolute Gasteiger partial charge is 0.166 e. The van der Waals surface area contributed by atoms with Gasteiger partial charge in [-0.05, 0) is 13.8 Å². The molecule has 0 amide bonds. The van der Waals surface area contributed by atoms with Gasteiger partial charge in [0.2, 0.25) is 0 Å². The number of Topliss-reactive ketones (excluding diaryl/α,β-unsaturated/α-hetero) is 1. The Bertz CT molecular complexity index is 167. The normalized spacial score (nSPS) is 39.2. The van der Waals surface area contributed by atoms with E-state index in [4.69, 9.17) is 9.47 Å². The zero-order valence-corrected chi connectivity index (χ0v) is 7.22. The number of ketones is 1. The molecule has 0 saturated carbocycles. The summed E-state index contributed by atoms with van der Waals surface area (Å²) in [6.45, 7) is 3.62. The lowest BCUT2D eigenvalue weighted by atomic mass is 10.0. The molecule has 64 valence electrons. The Hall–Kier alpha value is -0.410. The summed E-state index contributed by atoms with van der Waals surface area (Å²) in [6, 6.07) is 0. The van der Waals surface area contributed by atoms with Crippen molar-refractivity contribution in [1.82, 2.24) is 0 Å². The maximum atomic E-state index is 11.0. The number of hydrogen-bond donors (Lipinski definition) is 0. The van der Waals surface area contributed by atoms with Gasteiger partial charge in [0.1, 0.15) is 6.10 Å². The summed E-state index contributed by atoms with van der Waals surface area (Å²) in [5, 5.41) is 0. The second-order valence-electron chi connectivity index (χ2n) is 3.06. The van der Waals surface area contributed by atoms with E-state index < -0.39 is 5.79 Å². The molecule has 1 aliphatic heterocycles. The van der Waals surface area contributed by atoms with Crippen LogP contribution in [0, 0.1) is 0 Å². The number of rotatable bonds is 1. The maximum Gasteiger partial charge on any atom is 0.166 e. The average molecular weight is 158 g/mol. The van der Waals surface area contributed by atoms with Crippen LogP contribution in [0.2, 0.25) is 0 Å². The molecule has 1 saturated heterocycles. The quantitative estimate of drug-likeness (QED) is 0.573. The van der Waals surface area contributed by atoms with Crippen LogP contribution in [0.1, 0.15) is 26.7 Å². The largest absolute Gasteiger partial charge is 0.353 e. The Morgan fingerprint density at radius 1 is 1.73 bits per heavy atom. The molecule has 0 aromatic carbocycles. The standard InChI is InChI=1S/C8H14O3/c1-6-7(9)4-5-8(2,10-3)11-6/h6H,4-5H2,1-3H3. The van der Waals surface area contributed by atoms with Gasteiger partial charge in [-0.25, -0.2) is 0 Å². The van der Waals surface area contributed by atoms with Gasteiger partial charge in [0.25, 0.3) is 0 Å². The molecule has 1 heterocycles. The van der Waals surface area contributed by atoms with Gasteiger partial charge in [-0.15, -0.1) is 0 Å². The van der Waals surface area contributed by atoms with Gasteiger partial charge < -0.3 is 9.47 Å². The number of ether oxygens (including phenoxy) is 2. The molecular formula is C8H14O3. The molecule has 3 heteroatoms. The lowest BCUT2D eigenvalue weighted by molar-refractivity contribution is -0.245. The van der Waals surface area contributed by atoms with Crippen molar-refractivity contribution in [1.29, 1.82) is 0 Å². The molecule has 2 atom stereocenters. The Morgan fingerprint density at radius 2 is 2.36 bits per heavy atom. The Balaban J connectivity index is 2.58. The van der Waals surface area contributed by atoms with E-state index in [2.05, 4.69) is 0 Å². The second-order valence-corrected chi connectivity index (χ2v) is 3.06. The van der Waals surface area contributed by atoms with E-state index in [0.717, 1.165) is 0 Å². The van der Waals surface area contributed by atoms with E-state index in [0.29, 0.717) is 12.8 Å². The van der Waals surface area contributed by atoms with Crippen molar-refractivity contribution in [2.75, 3.05) is 7.11 Å². The minimum absolute atomic E-state index is 0.166. The van der Waals surface area contributed by atoms with Gasteiger partial charge in [-0.3, -0.25) is 4.79 Å². The van der Waals surface area contributed by atoms with Gasteiger partial charge in [0, 0.05) is 20.0 Å². The molecule has 0 aromatic heterocycles. The van der Waals surface area contributed by atoms with Crippen LogP contribution < -0.4 is 0 Å². The highest BCUT2D eigenvalue weighted by Gasteiger charge is 2.35. The third-order valence-electron chi connectivity index (χ3n) is 2.14. The summed E-state index contributed by atoms with van der Waals surface area (Å²) in [4.78, 5) is 11.0. The van der Waals surface area contributed by atoms with Crippen LogP contribution in [-0.4, -0.2) is 24.8 Å². The SMILES string of the molecule is COC1(C)CCC(=O)C(C)O1. The molecule has 0 bridgehead atoms. The maximum absolute atomic E-state index is 11.0. The van der Waals surface area contributed by atoms with Gasteiger partial charge in [0.15, 0.2) is 11.6 Å². The number of carbonyl (C=O) groups is 1. The van der Waals surface area contributed by atoms with Gasteiger partial charge in [-0.1, -0.05) is 0 Å². The molecule has 11 heavy (non-hydrogen) atoms. The molecule has 0 spiro atoms. The molecule has 2 unspecified atom stereocenters. The van der Waals surface area contributed by atoms with Crippen molar-refractivity contribution >= 4 is 5.78 Å². The zero-order valence-electron chi connectivity index (χ0n) is 7.22. The minimum Gasteiger partial charge on any atom is -0.353 e. The van der Waals surface area contributed by atoms with Crippen molar-refractivity contribution in [2.24, 2.45) is 0 Å². The topological polar surface area (TPSA) is 35.5 Å². The summed E-state index contributed by atoms with van der Waals surface area (Å²) in [5.41, 5.74) is 0. The molecule has 0 radical (unpaired) electrons. The van der Waals surface area contributed by atoms with E-state index in [-0.39, 0.29) is 11.9 Å². The monoisotopic (exact) mass is 158 g/mol. The van der Waals surface area contributed by atoms with Crippen molar-refractivity contribution in [3.8, 4) is 0 Å². The molecule has 1 aliphatic rings. The van der Waals surface area contributed by atoms with Crippen molar-refractivity contribution < 1.29 is 14.3 Å². The fourth-order valence-electron chi connectivity index (χ4n) is 1.20. The molecule has 3 nitrogen and oxygen atoms in total. The Morgan fingerprint density at radius 3 is 2.82 bits per heavy atom. The summed E-state index contributed by atoms with van der Waals surface area (Å²) in [7, 11) is 1.60. The van der Waals surface area contributed by atoms with Crippen LogP contribution in [0.25, 0.3) is 0 Å². The second kappa shape index (κ2) is 2.91. The van der Waals surface area contributed by atoms with Crippen LogP contribution in [0.5, 0.6) is 0 Å². The van der Waals surface area contributed by atoms with Crippen LogP contribution in [0.15, 0.2) is 0 Å². The number of carbonyl (C=O) groups excluding carboxylic acids is 1. The number of hydrogen-bond acceptors (Lipinski definition) is 3. The Kier molecular flexibility index (Phi) is 2.30. The molecule has 0 aliphatic carbocycles. The van der Waals surface area contributed by atoms with Crippen molar-refractivity contribution in [3.05, 3.63) is 0 Å². The fourth-order valence-corrected chi connectivity index (χ4v) is 1.20. The summed E-state index contributed by atoms with van der Waals surface area (Å²) >= 11 is 0. The van der Waals surface area contributed by atoms with E-state index >= 15 is 0 Å². The van der Waals surface area contributed by atoms with Gasteiger partial charge in [-0.2, -0.15) is 0 Å². The molecule has 0 N–H and O–H groups in total. The molecular weight excluding hydrogens is 144 g/mol. The van der Waals surface area contributed by atoms with Crippen LogP contribution in [0.4, 0.5) is 0 Å². The lowest BCUT2D eigenvalue weighted by Gasteiger charge is -2.35. The van der Waals surface area contributed by atoms with Crippen LogP contribution in [0.3, 0.4) is 0 Å². The highest BCUT2D eigenvalue weighted by Crippen LogP contribution is 2.26. The van der Waals surface area contributed by atoms with Crippen molar-refractivity contribution in [3.63, 3.8) is 0 Å². The first-order chi connectivity index (χ1) is 5.07. The van der Waals surface area contributed by atoms with E-state index in [1.54, 1.807) is 14.0 Å². The first kappa shape index (κ1) is 8.68. The summed E-state index contributed by atoms with van der Waals surface area (Å²) < 4.78 is 10.5. The third-order valence-corrected chi connectivity index (χ3v) is 2.14. The minimum atomic E-state index is -0.548. The molecule has 1 fully saturated rings. The van der Waals surface area contributed by atoms with Crippen molar-refractivity contribution in [2.45, 2.75) is 38.6 Å². The predicted octanol–water partition coefficient (Wildman–Crippen LogP) is 1.12. The first-order valence-electron chi connectivity index (χ1n) is 3.83. The first-order valence-corrected chi connectivity index (χ1v) is 3.83. The van der Waals surface area contributed by atoms with E-state index in [9.17, 15) is 4.79 Å². The Labute approximate surface area is 66.7 Å². The average Bonchev–Trinajstić information content (AvgIpc) is 1.98. The third kappa shape index (κ3) is 1.79. The summed E-state index contributed by atoms with van der Waals surface area (Å²) in [6.07, 6.45) is 0.909. The molecule has 0 aromatic rings. The molecule has 1 rings (SSSR count). The highest BCUT2D eigenvalue weighted by atomic mass is 16.7. The predicted molar refractivity (Wildman–Crippen MR) is 40.2 cm³/mol. The van der Waals surface area contributed by atoms with E-state index in [1.165, 1.54) is 0 Å². The van der Waals surface area contributed by atoms with Crippen LogP contribution >= 0.6 is 0 Å². The number of methoxy groups -OCH3 is 1. The van der Waals surface area contributed by atoms with Crippen LogP contribution in [-0.2, 0) is 14.3 Å². The van der Waals surface area contributed by atoms with Gasteiger partial charge >= 0.3 is 0 Å².